The quantitative estimate of drug-likeness (QED) is 0.716. The van der Waals surface area contributed by atoms with Crippen LogP contribution in [0.3, 0.4) is 0 Å². The first-order chi connectivity index (χ1) is 11.6. The van der Waals surface area contributed by atoms with E-state index in [1.54, 1.807) is 6.20 Å². The van der Waals surface area contributed by atoms with Crippen molar-refractivity contribution in [1.82, 2.24) is 14.6 Å². The van der Waals surface area contributed by atoms with Gasteiger partial charge in [-0.1, -0.05) is 41.2 Å². The third-order valence-corrected chi connectivity index (χ3v) is 5.73. The number of benzene rings is 1. The number of amides is 1. The second kappa shape index (κ2) is 7.38. The van der Waals surface area contributed by atoms with Gasteiger partial charge >= 0.3 is 0 Å². The van der Waals surface area contributed by atoms with E-state index in [9.17, 15) is 4.79 Å². The topological polar surface area (TPSA) is 67.8 Å². The number of anilines is 1. The molecule has 24 heavy (non-hydrogen) atoms. The lowest BCUT2D eigenvalue weighted by molar-refractivity contribution is 0.102. The largest absolute Gasteiger partial charge is 0.297 e. The van der Waals surface area contributed by atoms with Crippen LogP contribution in [0, 0.1) is 6.92 Å². The molecule has 2 aromatic heterocycles. The summed E-state index contributed by atoms with van der Waals surface area (Å²) in [6.45, 7) is 3.93. The number of hydrogen-bond donors (Lipinski definition) is 1. The van der Waals surface area contributed by atoms with Gasteiger partial charge in [-0.2, -0.15) is 0 Å². The van der Waals surface area contributed by atoms with Gasteiger partial charge < -0.3 is 0 Å². The molecule has 0 aliphatic heterocycles. The summed E-state index contributed by atoms with van der Waals surface area (Å²) in [5.74, 6) is -0.212. The fourth-order valence-corrected chi connectivity index (χ4v) is 3.91. The van der Waals surface area contributed by atoms with Gasteiger partial charge in [-0.15, -0.1) is 16.4 Å². The van der Waals surface area contributed by atoms with Crippen LogP contribution >= 0.6 is 34.5 Å². The van der Waals surface area contributed by atoms with Crippen LogP contribution in [0.15, 0.2) is 24.4 Å². The number of hydrogen-bond acceptors (Lipinski definition) is 6. The Morgan fingerprint density at radius 2 is 2.21 bits per heavy atom. The highest BCUT2D eigenvalue weighted by molar-refractivity contribution is 7.16. The lowest BCUT2D eigenvalue weighted by Gasteiger charge is -2.04. The van der Waals surface area contributed by atoms with E-state index in [-0.39, 0.29) is 5.91 Å². The van der Waals surface area contributed by atoms with Gasteiger partial charge in [-0.3, -0.25) is 10.1 Å². The molecule has 1 aromatic carbocycles. The average molecular weight is 379 g/mol. The molecule has 0 aliphatic rings. The van der Waals surface area contributed by atoms with Crippen molar-refractivity contribution >= 4 is 45.5 Å². The Labute approximate surface area is 152 Å². The Kier molecular flexibility index (Phi) is 5.23. The van der Waals surface area contributed by atoms with Crippen LogP contribution in [-0.2, 0) is 12.8 Å². The molecule has 0 saturated carbocycles. The predicted octanol–water partition coefficient (Wildman–Crippen LogP) is 4.36. The maximum atomic E-state index is 12.3. The summed E-state index contributed by atoms with van der Waals surface area (Å²) >= 11 is 8.88. The second-order valence-corrected chi connectivity index (χ2v) is 7.46. The molecule has 0 unspecified atom stereocenters. The van der Waals surface area contributed by atoms with Crippen molar-refractivity contribution in [3.63, 3.8) is 0 Å². The molecule has 0 radical (unpaired) electrons. The molecule has 0 spiro atoms. The highest BCUT2D eigenvalue weighted by Crippen LogP contribution is 2.27. The Bertz CT molecular complexity index is 875. The molecule has 1 amide bonds. The molecule has 1 N–H and O–H groups in total. The van der Waals surface area contributed by atoms with Crippen molar-refractivity contribution in [2.45, 2.75) is 26.7 Å². The van der Waals surface area contributed by atoms with Gasteiger partial charge in [0.2, 0.25) is 0 Å². The van der Waals surface area contributed by atoms with Gasteiger partial charge in [0.25, 0.3) is 5.91 Å². The molecule has 3 aromatic rings. The van der Waals surface area contributed by atoms with Crippen molar-refractivity contribution in [1.29, 1.82) is 0 Å². The van der Waals surface area contributed by atoms with Crippen molar-refractivity contribution in [3.05, 3.63) is 56.0 Å². The van der Waals surface area contributed by atoms with Crippen LogP contribution in [0.2, 0.25) is 5.02 Å². The minimum atomic E-state index is -0.212. The van der Waals surface area contributed by atoms with Gasteiger partial charge in [-0.25, -0.2) is 4.98 Å². The summed E-state index contributed by atoms with van der Waals surface area (Å²) in [6.07, 6.45) is 3.13. The van der Waals surface area contributed by atoms with Gasteiger partial charge in [0.15, 0.2) is 5.13 Å². The fourth-order valence-electron chi connectivity index (χ4n) is 2.25. The maximum absolute atomic E-state index is 12.3. The smallest absolute Gasteiger partial charge is 0.271 e. The third kappa shape index (κ3) is 3.63. The Balaban J connectivity index is 1.72. The summed E-state index contributed by atoms with van der Waals surface area (Å²) in [5, 5.41) is 8.11. The molecule has 2 heterocycles. The SMILES string of the molecule is CCc1nnsc1C(=O)Nc1ncc(Cc2cccc(C)c2Cl)s1. The van der Waals surface area contributed by atoms with E-state index >= 15 is 0 Å². The van der Waals surface area contributed by atoms with Crippen molar-refractivity contribution in [2.75, 3.05) is 5.32 Å². The third-order valence-electron chi connectivity index (χ3n) is 3.51. The van der Waals surface area contributed by atoms with E-state index in [0.717, 1.165) is 32.6 Å². The highest BCUT2D eigenvalue weighted by Gasteiger charge is 2.16. The number of aryl methyl sites for hydroxylation is 2. The van der Waals surface area contributed by atoms with Crippen LogP contribution in [0.25, 0.3) is 0 Å². The Hall–Kier alpha value is -1.83. The average Bonchev–Trinajstić information content (AvgIpc) is 3.20. The molecule has 124 valence electrons. The molecule has 5 nitrogen and oxygen atoms in total. The van der Waals surface area contributed by atoms with Gasteiger partial charge in [0, 0.05) is 22.5 Å². The minimum Gasteiger partial charge on any atom is -0.297 e. The summed E-state index contributed by atoms with van der Waals surface area (Å²) in [5.41, 5.74) is 2.82. The summed E-state index contributed by atoms with van der Waals surface area (Å²) in [7, 11) is 0. The fraction of sp³-hybridized carbons (Fsp3) is 0.250. The van der Waals surface area contributed by atoms with Crippen molar-refractivity contribution < 1.29 is 4.79 Å². The first-order valence-electron chi connectivity index (χ1n) is 7.39. The van der Waals surface area contributed by atoms with Crippen LogP contribution in [-0.4, -0.2) is 20.5 Å². The molecule has 0 aliphatic carbocycles. The Morgan fingerprint density at radius 3 is 3.00 bits per heavy atom. The van der Waals surface area contributed by atoms with Crippen LogP contribution in [0.1, 0.15) is 38.3 Å². The predicted molar refractivity (Wildman–Crippen MR) is 98.3 cm³/mol. The Morgan fingerprint density at radius 1 is 1.38 bits per heavy atom. The molecule has 0 fully saturated rings. The van der Waals surface area contributed by atoms with E-state index in [1.807, 2.05) is 32.0 Å². The van der Waals surface area contributed by atoms with Gasteiger partial charge in [0.1, 0.15) is 4.88 Å². The van der Waals surface area contributed by atoms with Crippen molar-refractivity contribution in [3.8, 4) is 0 Å². The van der Waals surface area contributed by atoms with E-state index < -0.39 is 0 Å². The lowest BCUT2D eigenvalue weighted by Crippen LogP contribution is -2.11. The number of nitrogens with one attached hydrogen (secondary N) is 1. The van der Waals surface area contributed by atoms with Gasteiger partial charge in [-0.05, 0) is 36.0 Å². The van der Waals surface area contributed by atoms with Gasteiger partial charge in [0.05, 0.1) is 5.69 Å². The summed E-state index contributed by atoms with van der Waals surface area (Å²) < 4.78 is 3.83. The molecule has 8 heteroatoms. The number of thiazole rings is 1. The van der Waals surface area contributed by atoms with E-state index in [4.69, 9.17) is 11.6 Å². The first-order valence-corrected chi connectivity index (χ1v) is 9.36. The maximum Gasteiger partial charge on any atom is 0.271 e. The summed E-state index contributed by atoms with van der Waals surface area (Å²) in [6, 6.07) is 5.98. The first kappa shape index (κ1) is 17.0. The monoisotopic (exact) mass is 378 g/mol. The van der Waals surface area contributed by atoms with Crippen LogP contribution in [0.4, 0.5) is 5.13 Å². The van der Waals surface area contributed by atoms with Crippen LogP contribution in [0.5, 0.6) is 0 Å². The standard InChI is InChI=1S/C16H15ClN4OS2/c1-3-12-14(24-21-20-12)15(22)19-16-18-8-11(23-16)7-10-6-4-5-9(2)13(10)17/h4-6,8H,3,7H2,1-2H3,(H,18,19,22). The van der Waals surface area contributed by atoms with E-state index in [0.29, 0.717) is 28.5 Å². The number of carbonyl (C=O) groups is 1. The number of nitrogens with zero attached hydrogens (tertiary/aromatic N) is 3. The van der Waals surface area contributed by atoms with Crippen LogP contribution < -0.4 is 5.32 Å². The molecular weight excluding hydrogens is 364 g/mol. The number of rotatable bonds is 5. The number of carbonyl (C=O) groups excluding carboxylic acids is 1. The molecular formula is C16H15ClN4OS2. The van der Waals surface area contributed by atoms with E-state index in [2.05, 4.69) is 19.9 Å². The molecule has 3 rings (SSSR count). The zero-order chi connectivity index (χ0) is 17.1. The zero-order valence-corrected chi connectivity index (χ0v) is 15.6. The van der Waals surface area contributed by atoms with Crippen molar-refractivity contribution in [2.24, 2.45) is 0 Å². The van der Waals surface area contributed by atoms with E-state index in [1.165, 1.54) is 11.3 Å². The minimum absolute atomic E-state index is 0.212. The normalized spacial score (nSPS) is 10.8. The molecule has 0 bridgehead atoms. The zero-order valence-electron chi connectivity index (χ0n) is 13.2. The second-order valence-electron chi connectivity index (χ2n) is 5.21. The number of halogens is 1. The lowest BCUT2D eigenvalue weighted by atomic mass is 10.1. The number of aromatic nitrogens is 3. The summed E-state index contributed by atoms with van der Waals surface area (Å²) in [4.78, 5) is 18.1. The highest BCUT2D eigenvalue weighted by atomic mass is 35.5. The molecule has 0 atom stereocenters. The molecule has 0 saturated heterocycles.